The van der Waals surface area contributed by atoms with Crippen LogP contribution in [0.3, 0.4) is 0 Å². The molecule has 8 heteroatoms. The molecule has 1 aliphatic rings. The zero-order chi connectivity index (χ0) is 34.5. The molecule has 0 bridgehead atoms. The molecule has 1 saturated carbocycles. The Balaban J connectivity index is 2.10. The van der Waals surface area contributed by atoms with Crippen LogP contribution in [0.15, 0.2) is 0 Å². The van der Waals surface area contributed by atoms with Crippen LogP contribution >= 0.6 is 0 Å². The molecule has 1 aliphatic carbocycles. The molecular formula is C39H76O8. The predicted molar refractivity (Wildman–Crippen MR) is 190 cm³/mol. The molecule has 47 heavy (non-hydrogen) atoms. The van der Waals surface area contributed by atoms with Gasteiger partial charge in [-0.25, -0.2) is 0 Å². The Kier molecular flexibility index (Phi) is 28.3. The molecule has 1 fully saturated rings. The van der Waals surface area contributed by atoms with E-state index in [1.807, 2.05) is 0 Å². The Bertz CT molecular complexity index is 706. The van der Waals surface area contributed by atoms with Gasteiger partial charge in [0.05, 0.1) is 13.2 Å². The Morgan fingerprint density at radius 2 is 1.02 bits per heavy atom. The van der Waals surface area contributed by atoms with Crippen molar-refractivity contribution in [3.05, 3.63) is 0 Å². The molecule has 0 spiro atoms. The summed E-state index contributed by atoms with van der Waals surface area (Å²) in [7, 11) is 0. The largest absolute Gasteiger partial charge is 0.457 e. The van der Waals surface area contributed by atoms with E-state index < -0.39 is 42.6 Å². The lowest BCUT2D eigenvalue weighted by molar-refractivity contribution is -0.168. The summed E-state index contributed by atoms with van der Waals surface area (Å²) in [6.07, 6.45) is 22.2. The van der Waals surface area contributed by atoms with Crippen LogP contribution in [0, 0.1) is 5.92 Å². The number of carbonyl (C=O) groups excluding carboxylic acids is 1. The van der Waals surface area contributed by atoms with Gasteiger partial charge in [0, 0.05) is 13.0 Å². The fourth-order valence-corrected chi connectivity index (χ4v) is 6.59. The van der Waals surface area contributed by atoms with Crippen LogP contribution < -0.4 is 0 Å². The van der Waals surface area contributed by atoms with E-state index in [4.69, 9.17) is 14.2 Å². The smallest absolute Gasteiger partial charge is 0.306 e. The van der Waals surface area contributed by atoms with Crippen LogP contribution in [0.5, 0.6) is 0 Å². The number of ether oxygens (including phenoxy) is 3. The maximum atomic E-state index is 12.5. The van der Waals surface area contributed by atoms with Crippen LogP contribution in [0.4, 0.5) is 0 Å². The Labute approximate surface area is 288 Å². The van der Waals surface area contributed by atoms with Crippen molar-refractivity contribution >= 4 is 5.97 Å². The second-order valence-electron chi connectivity index (χ2n) is 14.5. The normalized spacial score (nSPS) is 22.5. The lowest BCUT2D eigenvalue weighted by Crippen LogP contribution is -2.41. The van der Waals surface area contributed by atoms with E-state index in [1.54, 1.807) is 0 Å². The summed E-state index contributed by atoms with van der Waals surface area (Å²) >= 11 is 0. The van der Waals surface area contributed by atoms with Gasteiger partial charge >= 0.3 is 5.97 Å². The van der Waals surface area contributed by atoms with E-state index in [2.05, 4.69) is 20.8 Å². The van der Waals surface area contributed by atoms with Crippen molar-refractivity contribution in [1.82, 2.24) is 0 Å². The maximum Gasteiger partial charge on any atom is 0.306 e. The van der Waals surface area contributed by atoms with E-state index in [-0.39, 0.29) is 19.6 Å². The van der Waals surface area contributed by atoms with Crippen molar-refractivity contribution in [3.8, 4) is 0 Å². The summed E-state index contributed by atoms with van der Waals surface area (Å²) in [5, 5.41) is 41.3. The second-order valence-corrected chi connectivity index (χ2v) is 14.5. The maximum absolute atomic E-state index is 12.5. The monoisotopic (exact) mass is 673 g/mol. The zero-order valence-corrected chi connectivity index (χ0v) is 30.8. The number of hydrogen-bond acceptors (Lipinski definition) is 8. The average molecular weight is 673 g/mol. The molecule has 0 aromatic rings. The number of aliphatic hydroxyl groups is 4. The zero-order valence-electron chi connectivity index (χ0n) is 30.8. The predicted octanol–water partition coefficient (Wildman–Crippen LogP) is 8.19. The van der Waals surface area contributed by atoms with E-state index in [9.17, 15) is 25.2 Å². The highest BCUT2D eigenvalue weighted by Gasteiger charge is 2.52. The SMILES string of the molecule is CCCCCCCCCCCCCC(=O)OC1C(O)C(O)C(O)C1OCC(O)COCCCCCCCCCC(C)CCCCCC. The molecule has 0 aromatic carbocycles. The molecule has 0 saturated heterocycles. The molecule has 0 aliphatic heterocycles. The lowest BCUT2D eigenvalue weighted by atomic mass is 9.96. The van der Waals surface area contributed by atoms with Gasteiger partial charge in [-0.3, -0.25) is 4.79 Å². The van der Waals surface area contributed by atoms with Crippen molar-refractivity contribution in [2.75, 3.05) is 19.8 Å². The van der Waals surface area contributed by atoms with Gasteiger partial charge in [0.2, 0.25) is 0 Å². The molecule has 7 atom stereocenters. The van der Waals surface area contributed by atoms with Gasteiger partial charge in [0.1, 0.15) is 30.5 Å². The number of hydrogen-bond donors (Lipinski definition) is 4. The molecule has 0 heterocycles. The van der Waals surface area contributed by atoms with Crippen molar-refractivity contribution in [2.45, 2.75) is 218 Å². The standard InChI is InChI=1S/C39H76O8/c1-4-6-8-10-11-12-13-14-17-20-24-28-34(41)47-39-37(44)35(42)36(43)38(39)46-31-33(40)30-45-29-25-21-18-15-16-19-23-27-32(3)26-22-9-7-5-2/h32-33,35-40,42-44H,4-31H2,1-3H3. The molecule has 0 amide bonds. The van der Waals surface area contributed by atoms with E-state index in [1.165, 1.54) is 122 Å². The van der Waals surface area contributed by atoms with Gasteiger partial charge in [0.25, 0.3) is 0 Å². The molecule has 0 aromatic heterocycles. The summed E-state index contributed by atoms with van der Waals surface area (Å²) in [6.45, 7) is 7.39. The first-order valence-corrected chi connectivity index (χ1v) is 19.9. The molecule has 4 N–H and O–H groups in total. The quantitative estimate of drug-likeness (QED) is 0.0406. The lowest BCUT2D eigenvalue weighted by Gasteiger charge is -2.24. The first-order chi connectivity index (χ1) is 22.8. The van der Waals surface area contributed by atoms with Gasteiger partial charge < -0.3 is 34.6 Å². The molecule has 1 rings (SSSR count). The van der Waals surface area contributed by atoms with Crippen LogP contribution in [0.2, 0.25) is 0 Å². The molecule has 280 valence electrons. The third kappa shape index (κ3) is 22.5. The van der Waals surface area contributed by atoms with E-state index >= 15 is 0 Å². The van der Waals surface area contributed by atoms with Crippen LogP contribution in [-0.4, -0.2) is 82.8 Å². The minimum Gasteiger partial charge on any atom is -0.457 e. The summed E-state index contributed by atoms with van der Waals surface area (Å²) in [6, 6.07) is 0. The van der Waals surface area contributed by atoms with Crippen molar-refractivity contribution in [1.29, 1.82) is 0 Å². The Hall–Kier alpha value is -0.770. The third-order valence-electron chi connectivity index (χ3n) is 9.78. The molecule has 8 nitrogen and oxygen atoms in total. The molecule has 0 radical (unpaired) electrons. The fraction of sp³-hybridized carbons (Fsp3) is 0.974. The van der Waals surface area contributed by atoms with Gasteiger partial charge in [-0.2, -0.15) is 0 Å². The first kappa shape index (κ1) is 44.3. The highest BCUT2D eigenvalue weighted by Crippen LogP contribution is 2.28. The highest BCUT2D eigenvalue weighted by atomic mass is 16.6. The minimum atomic E-state index is -1.49. The molecule has 7 unspecified atom stereocenters. The van der Waals surface area contributed by atoms with Gasteiger partial charge in [0.15, 0.2) is 6.10 Å². The van der Waals surface area contributed by atoms with E-state index in [0.717, 1.165) is 31.6 Å². The number of esters is 1. The summed E-state index contributed by atoms with van der Waals surface area (Å²) in [5.41, 5.74) is 0. The van der Waals surface area contributed by atoms with Crippen molar-refractivity contribution < 1.29 is 39.4 Å². The second kappa shape index (κ2) is 30.1. The Morgan fingerprint density at radius 3 is 1.57 bits per heavy atom. The van der Waals surface area contributed by atoms with Crippen LogP contribution in [0.1, 0.15) is 181 Å². The Morgan fingerprint density at radius 1 is 0.574 bits per heavy atom. The van der Waals surface area contributed by atoms with Crippen LogP contribution in [-0.2, 0) is 19.0 Å². The fourth-order valence-electron chi connectivity index (χ4n) is 6.59. The van der Waals surface area contributed by atoms with Gasteiger partial charge in [-0.05, 0) is 18.8 Å². The summed E-state index contributed by atoms with van der Waals surface area (Å²) in [4.78, 5) is 12.5. The van der Waals surface area contributed by atoms with Gasteiger partial charge in [-0.15, -0.1) is 0 Å². The van der Waals surface area contributed by atoms with Crippen molar-refractivity contribution in [2.24, 2.45) is 5.92 Å². The number of aliphatic hydroxyl groups excluding tert-OH is 4. The third-order valence-corrected chi connectivity index (χ3v) is 9.78. The number of carbonyl (C=O) groups is 1. The number of unbranched alkanes of at least 4 members (excludes halogenated alkanes) is 19. The summed E-state index contributed by atoms with van der Waals surface area (Å²) in [5.74, 6) is 0.380. The average Bonchev–Trinajstić information content (AvgIpc) is 3.25. The topological polar surface area (TPSA) is 126 Å². The minimum absolute atomic E-state index is 0.0911. The molecular weight excluding hydrogens is 596 g/mol. The van der Waals surface area contributed by atoms with Gasteiger partial charge in [-0.1, -0.05) is 162 Å². The number of rotatable bonds is 33. The van der Waals surface area contributed by atoms with E-state index in [0.29, 0.717) is 13.0 Å². The van der Waals surface area contributed by atoms with Crippen LogP contribution in [0.25, 0.3) is 0 Å². The highest BCUT2D eigenvalue weighted by molar-refractivity contribution is 5.69. The van der Waals surface area contributed by atoms with Crippen molar-refractivity contribution in [3.63, 3.8) is 0 Å². The summed E-state index contributed by atoms with van der Waals surface area (Å²) < 4.78 is 16.7. The first-order valence-electron chi connectivity index (χ1n) is 19.9.